The van der Waals surface area contributed by atoms with Gasteiger partial charge >= 0.3 is 5.76 Å². The number of hydrogen-bond acceptors (Lipinski definition) is 12. The molecule has 0 aliphatic heterocycles. The van der Waals surface area contributed by atoms with E-state index in [1.165, 1.54) is 10.0 Å². The Labute approximate surface area is 148 Å². The van der Waals surface area contributed by atoms with Gasteiger partial charge in [0.05, 0.1) is 6.61 Å². The predicted molar refractivity (Wildman–Crippen MR) is 92.1 cm³/mol. The second-order valence-corrected chi connectivity index (χ2v) is 5.22. The molecule has 0 bridgehead atoms. The van der Waals surface area contributed by atoms with E-state index in [0.717, 1.165) is 6.42 Å². The van der Waals surface area contributed by atoms with Crippen molar-refractivity contribution in [1.29, 1.82) is 0 Å². The zero-order valence-electron chi connectivity index (χ0n) is 14.5. The molecule has 0 amide bonds. The van der Waals surface area contributed by atoms with E-state index < -0.39 is 5.76 Å². The van der Waals surface area contributed by atoms with E-state index in [0.29, 0.717) is 44.6 Å². The minimum absolute atomic E-state index is 0.165. The van der Waals surface area contributed by atoms with E-state index in [9.17, 15) is 4.79 Å². The highest BCUT2D eigenvalue weighted by Gasteiger charge is 2.08. The van der Waals surface area contributed by atoms with Crippen LogP contribution in [-0.2, 0) is 9.47 Å². The van der Waals surface area contributed by atoms with Gasteiger partial charge in [-0.25, -0.2) is 21.6 Å². The van der Waals surface area contributed by atoms with E-state index >= 15 is 0 Å². The van der Waals surface area contributed by atoms with E-state index in [1.54, 1.807) is 7.11 Å². The molecule has 0 aliphatic carbocycles. The average molecular weight is 372 g/mol. The van der Waals surface area contributed by atoms with Gasteiger partial charge in [0.15, 0.2) is 0 Å². The number of methoxy groups -OCH3 is 1. The summed E-state index contributed by atoms with van der Waals surface area (Å²) in [6.07, 6.45) is 1.39. The van der Waals surface area contributed by atoms with Crippen LogP contribution in [0.25, 0.3) is 0 Å². The molecule has 0 aliphatic rings. The van der Waals surface area contributed by atoms with Gasteiger partial charge in [-0.1, -0.05) is 0 Å². The minimum Gasteiger partial charge on any atom is -0.385 e. The molecule has 0 saturated carbocycles. The number of ether oxygens (including phenoxy) is 2. The third-order valence-corrected chi connectivity index (χ3v) is 3.21. The molecule has 7 N–H and O–H groups in total. The Bertz CT molecular complexity index is 685. The second-order valence-electron chi connectivity index (χ2n) is 5.22. The summed E-state index contributed by atoms with van der Waals surface area (Å²) in [7, 11) is 1.64. The summed E-state index contributed by atoms with van der Waals surface area (Å²) in [6.45, 7) is 2.28. The number of H-pyrrole nitrogens is 2. The molecule has 0 aromatic carbocycles. The number of rotatable bonds is 13. The molecule has 2 aromatic heterocycles. The van der Waals surface area contributed by atoms with Crippen LogP contribution in [0.1, 0.15) is 12.8 Å². The summed E-state index contributed by atoms with van der Waals surface area (Å²) in [6, 6.07) is 0. The van der Waals surface area contributed by atoms with Gasteiger partial charge in [0.2, 0.25) is 11.9 Å². The Morgan fingerprint density at radius 1 is 1.19 bits per heavy atom. The van der Waals surface area contributed by atoms with Crippen molar-refractivity contribution >= 4 is 17.8 Å². The summed E-state index contributed by atoms with van der Waals surface area (Å²) in [5.41, 5.74) is 0. The molecule has 0 radical (unpaired) electrons. The highest BCUT2D eigenvalue weighted by molar-refractivity contribution is 5.34. The Morgan fingerprint density at radius 3 is 2.62 bits per heavy atom. The Hall–Kier alpha value is -2.68. The van der Waals surface area contributed by atoms with Gasteiger partial charge in [0.25, 0.3) is 5.95 Å². The Kier molecular flexibility index (Phi) is 7.81. The molecule has 2 aromatic rings. The SMILES string of the molecule is COCCCN(N)c1nc(NCOCCCN(N)c2noc(=O)[nH]2)n[nH]1. The van der Waals surface area contributed by atoms with Gasteiger partial charge in [-0.15, -0.1) is 5.10 Å². The van der Waals surface area contributed by atoms with E-state index in [1.807, 2.05) is 0 Å². The summed E-state index contributed by atoms with van der Waals surface area (Å²) >= 11 is 0. The second kappa shape index (κ2) is 10.3. The summed E-state index contributed by atoms with van der Waals surface area (Å²) in [5.74, 6) is 11.9. The molecule has 14 nitrogen and oxygen atoms in total. The third-order valence-electron chi connectivity index (χ3n) is 3.21. The molecule has 14 heteroatoms. The van der Waals surface area contributed by atoms with Crippen molar-refractivity contribution in [2.24, 2.45) is 11.7 Å². The Morgan fingerprint density at radius 2 is 1.92 bits per heavy atom. The fourth-order valence-electron chi connectivity index (χ4n) is 1.92. The van der Waals surface area contributed by atoms with E-state index in [4.69, 9.17) is 21.2 Å². The van der Waals surface area contributed by atoms with Crippen LogP contribution in [0.5, 0.6) is 0 Å². The Balaban J connectivity index is 1.57. The van der Waals surface area contributed by atoms with Crippen LogP contribution in [0, 0.1) is 0 Å². The topological polar surface area (TPSA) is 189 Å². The van der Waals surface area contributed by atoms with Crippen LogP contribution in [0.15, 0.2) is 9.32 Å². The van der Waals surface area contributed by atoms with Crippen molar-refractivity contribution in [2.45, 2.75) is 12.8 Å². The standard InChI is InChI=1S/C12H24N10O4/c1-24-6-2-4-21(13)10-16-9(18-19-10)15-8-25-7-3-5-22(14)11-17-12(23)26-20-11/h2-8,13-14H2,1H3,(H,17,20,23)(H2,15,16,18,19). The molecular formula is C12H24N10O4. The maximum atomic E-state index is 10.8. The zero-order valence-corrected chi connectivity index (χ0v) is 14.5. The molecule has 0 atom stereocenters. The highest BCUT2D eigenvalue weighted by Crippen LogP contribution is 2.06. The lowest BCUT2D eigenvalue weighted by Crippen LogP contribution is -2.33. The number of hydrazine groups is 2. The van der Waals surface area contributed by atoms with Gasteiger partial charge in [-0.3, -0.25) is 19.5 Å². The molecule has 2 heterocycles. The van der Waals surface area contributed by atoms with Crippen LogP contribution >= 0.6 is 0 Å². The maximum Gasteiger partial charge on any atom is 0.440 e. The van der Waals surface area contributed by atoms with Crippen molar-refractivity contribution in [2.75, 3.05) is 55.5 Å². The van der Waals surface area contributed by atoms with Crippen LogP contribution in [0.3, 0.4) is 0 Å². The highest BCUT2D eigenvalue weighted by atomic mass is 16.5. The van der Waals surface area contributed by atoms with Crippen molar-refractivity contribution in [3.05, 3.63) is 10.6 Å². The quantitative estimate of drug-likeness (QED) is 0.117. The van der Waals surface area contributed by atoms with E-state index in [-0.39, 0.29) is 12.7 Å². The first kappa shape index (κ1) is 19.6. The van der Waals surface area contributed by atoms with Gasteiger partial charge in [-0.2, -0.15) is 4.98 Å². The number of anilines is 3. The van der Waals surface area contributed by atoms with Crippen LogP contribution in [0.4, 0.5) is 17.8 Å². The van der Waals surface area contributed by atoms with Gasteiger partial charge in [0, 0.05) is 26.8 Å². The molecule has 0 unspecified atom stereocenters. The number of aromatic amines is 2. The number of nitrogens with two attached hydrogens (primary N) is 2. The van der Waals surface area contributed by atoms with Crippen molar-refractivity contribution in [3.8, 4) is 0 Å². The lowest BCUT2D eigenvalue weighted by Gasteiger charge is -2.14. The molecule has 0 fully saturated rings. The lowest BCUT2D eigenvalue weighted by molar-refractivity contribution is 0.150. The number of nitrogens with one attached hydrogen (secondary N) is 3. The monoisotopic (exact) mass is 372 g/mol. The molecule has 146 valence electrons. The van der Waals surface area contributed by atoms with Crippen molar-refractivity contribution in [3.63, 3.8) is 0 Å². The largest absolute Gasteiger partial charge is 0.440 e. The first-order valence-electron chi connectivity index (χ1n) is 7.93. The fraction of sp³-hybridized carbons (Fsp3) is 0.667. The molecule has 0 saturated heterocycles. The minimum atomic E-state index is -0.656. The number of nitrogens with zero attached hydrogens (tertiary/aromatic N) is 5. The molecule has 26 heavy (non-hydrogen) atoms. The predicted octanol–water partition coefficient (Wildman–Crippen LogP) is -1.65. The smallest absolute Gasteiger partial charge is 0.385 e. The average Bonchev–Trinajstić information content (AvgIpc) is 3.27. The molecule has 0 spiro atoms. The maximum absolute atomic E-state index is 10.8. The van der Waals surface area contributed by atoms with Crippen molar-refractivity contribution < 1.29 is 14.0 Å². The van der Waals surface area contributed by atoms with Gasteiger partial charge in [0.1, 0.15) is 6.73 Å². The third kappa shape index (κ3) is 6.32. The lowest BCUT2D eigenvalue weighted by atomic mass is 10.4. The van der Waals surface area contributed by atoms with Gasteiger partial charge in [-0.05, 0) is 18.0 Å². The fourth-order valence-corrected chi connectivity index (χ4v) is 1.92. The number of hydrogen-bond donors (Lipinski definition) is 5. The molecular weight excluding hydrogens is 348 g/mol. The normalized spacial score (nSPS) is 10.9. The van der Waals surface area contributed by atoms with Gasteiger partial charge < -0.3 is 14.8 Å². The summed E-state index contributed by atoms with van der Waals surface area (Å²) in [4.78, 5) is 17.4. The first-order valence-corrected chi connectivity index (χ1v) is 7.93. The summed E-state index contributed by atoms with van der Waals surface area (Å²) < 4.78 is 14.7. The number of aromatic nitrogens is 5. The first-order chi connectivity index (χ1) is 12.6. The van der Waals surface area contributed by atoms with Crippen LogP contribution in [0.2, 0.25) is 0 Å². The van der Waals surface area contributed by atoms with Crippen LogP contribution in [-0.4, -0.2) is 65.5 Å². The van der Waals surface area contributed by atoms with E-state index in [2.05, 4.69) is 35.2 Å². The van der Waals surface area contributed by atoms with Crippen LogP contribution < -0.4 is 32.8 Å². The summed E-state index contributed by atoms with van der Waals surface area (Å²) in [5, 5.41) is 15.8. The zero-order chi connectivity index (χ0) is 18.8. The molecule has 2 rings (SSSR count). The van der Waals surface area contributed by atoms with Crippen molar-refractivity contribution in [1.82, 2.24) is 25.3 Å².